The Kier molecular flexibility index (Phi) is 2.97. The molecule has 0 amide bonds. The van der Waals surface area contributed by atoms with Gasteiger partial charge in [-0.2, -0.15) is 0 Å². The lowest BCUT2D eigenvalue weighted by Crippen LogP contribution is -2.15. The van der Waals surface area contributed by atoms with E-state index in [2.05, 4.69) is 15.3 Å². The van der Waals surface area contributed by atoms with E-state index in [4.69, 9.17) is 5.73 Å². The zero-order chi connectivity index (χ0) is 13.2. The molecule has 0 aliphatic rings. The predicted octanol–water partition coefficient (Wildman–Crippen LogP) is 1.61. The van der Waals surface area contributed by atoms with Gasteiger partial charge in [0.25, 0.3) is 0 Å². The van der Waals surface area contributed by atoms with Gasteiger partial charge in [0.15, 0.2) is 0 Å². The molecule has 0 spiro atoms. The molecule has 3 rings (SSSR count). The highest BCUT2D eigenvalue weighted by Crippen LogP contribution is 2.17. The van der Waals surface area contributed by atoms with E-state index in [1.54, 1.807) is 4.68 Å². The first kappa shape index (κ1) is 11.8. The predicted molar refractivity (Wildman–Crippen MR) is 73.4 cm³/mol. The second kappa shape index (κ2) is 4.78. The number of pyridine rings is 1. The minimum atomic E-state index is -0.165. The van der Waals surface area contributed by atoms with Crippen molar-refractivity contribution in [2.45, 2.75) is 12.5 Å². The highest BCUT2D eigenvalue weighted by molar-refractivity contribution is 5.78. The van der Waals surface area contributed by atoms with Crippen LogP contribution >= 0.6 is 0 Å². The van der Waals surface area contributed by atoms with Crippen LogP contribution < -0.4 is 5.73 Å². The molecule has 0 saturated carbocycles. The lowest BCUT2D eigenvalue weighted by Gasteiger charge is -2.10. The summed E-state index contributed by atoms with van der Waals surface area (Å²) in [4.78, 5) is 4.60. The monoisotopic (exact) mass is 253 g/mol. The molecule has 96 valence electrons. The summed E-state index contributed by atoms with van der Waals surface area (Å²) in [5.74, 6) is 0. The number of rotatable bonds is 3. The largest absolute Gasteiger partial charge is 0.322 e. The number of para-hydroxylation sites is 1. The smallest absolute Gasteiger partial charge is 0.0846 e. The van der Waals surface area contributed by atoms with Crippen LogP contribution in [0.5, 0.6) is 0 Å². The van der Waals surface area contributed by atoms with Crippen molar-refractivity contribution in [2.24, 2.45) is 12.8 Å². The molecule has 0 aliphatic carbocycles. The fourth-order valence-corrected chi connectivity index (χ4v) is 2.11. The van der Waals surface area contributed by atoms with Crippen LogP contribution in [0.15, 0.2) is 42.6 Å². The van der Waals surface area contributed by atoms with Gasteiger partial charge in [0, 0.05) is 25.1 Å². The molecule has 1 atom stereocenters. The molecule has 1 unspecified atom stereocenters. The summed E-state index contributed by atoms with van der Waals surface area (Å²) in [7, 11) is 1.84. The van der Waals surface area contributed by atoms with Crippen LogP contribution in [-0.2, 0) is 13.5 Å². The third kappa shape index (κ3) is 2.46. The molecule has 0 aliphatic heterocycles. The van der Waals surface area contributed by atoms with Crippen molar-refractivity contribution >= 4 is 10.9 Å². The van der Waals surface area contributed by atoms with Crippen molar-refractivity contribution in [3.8, 4) is 0 Å². The molecule has 0 radical (unpaired) electrons. The summed E-state index contributed by atoms with van der Waals surface area (Å²) >= 11 is 0. The van der Waals surface area contributed by atoms with Gasteiger partial charge in [-0.1, -0.05) is 29.5 Å². The standard InChI is InChI=1S/C14H15N5/c1-19-9-11(17-18-19)8-12(15)14-7-6-10-4-2-3-5-13(10)16-14/h2-7,9,12H,8,15H2,1H3. The number of fused-ring (bicyclic) bond motifs is 1. The van der Waals surface area contributed by atoms with Crippen molar-refractivity contribution in [3.05, 3.63) is 54.0 Å². The Morgan fingerprint density at radius 2 is 2.05 bits per heavy atom. The van der Waals surface area contributed by atoms with Crippen molar-refractivity contribution in [3.63, 3.8) is 0 Å². The molecule has 5 nitrogen and oxygen atoms in total. The maximum Gasteiger partial charge on any atom is 0.0846 e. The van der Waals surface area contributed by atoms with E-state index in [9.17, 15) is 0 Å². The molecule has 0 fully saturated rings. The van der Waals surface area contributed by atoms with Gasteiger partial charge in [-0.3, -0.25) is 9.67 Å². The molecule has 2 N–H and O–H groups in total. The summed E-state index contributed by atoms with van der Waals surface area (Å²) in [5.41, 5.74) is 8.91. The van der Waals surface area contributed by atoms with Gasteiger partial charge < -0.3 is 5.73 Å². The number of nitrogens with two attached hydrogens (primary N) is 1. The number of nitrogens with zero attached hydrogens (tertiary/aromatic N) is 4. The van der Waals surface area contributed by atoms with Crippen molar-refractivity contribution in [1.29, 1.82) is 0 Å². The summed E-state index contributed by atoms with van der Waals surface area (Å²) in [6.07, 6.45) is 2.51. The zero-order valence-electron chi connectivity index (χ0n) is 10.7. The van der Waals surface area contributed by atoms with Crippen LogP contribution in [0.4, 0.5) is 0 Å². The normalized spacial score (nSPS) is 12.7. The first-order valence-corrected chi connectivity index (χ1v) is 6.19. The lowest BCUT2D eigenvalue weighted by molar-refractivity contribution is 0.680. The third-order valence-corrected chi connectivity index (χ3v) is 3.08. The van der Waals surface area contributed by atoms with Crippen LogP contribution in [0.1, 0.15) is 17.4 Å². The molecule has 1 aromatic carbocycles. The maximum absolute atomic E-state index is 6.19. The van der Waals surface area contributed by atoms with Crippen LogP contribution in [0.25, 0.3) is 10.9 Å². The average molecular weight is 253 g/mol. The molecule has 2 heterocycles. The Labute approximate surface area is 111 Å². The van der Waals surface area contributed by atoms with Gasteiger partial charge >= 0.3 is 0 Å². The van der Waals surface area contributed by atoms with E-state index in [0.717, 1.165) is 22.3 Å². The van der Waals surface area contributed by atoms with Crippen molar-refractivity contribution in [1.82, 2.24) is 20.0 Å². The fraction of sp³-hybridized carbons (Fsp3) is 0.214. The van der Waals surface area contributed by atoms with Crippen LogP contribution in [-0.4, -0.2) is 20.0 Å². The van der Waals surface area contributed by atoms with E-state index < -0.39 is 0 Å². The molecule has 0 saturated heterocycles. The van der Waals surface area contributed by atoms with Gasteiger partial charge in [0.2, 0.25) is 0 Å². The van der Waals surface area contributed by atoms with E-state index in [-0.39, 0.29) is 6.04 Å². The van der Waals surface area contributed by atoms with E-state index in [1.807, 2.05) is 49.6 Å². The Morgan fingerprint density at radius 3 is 2.84 bits per heavy atom. The molecule has 3 aromatic rings. The van der Waals surface area contributed by atoms with Crippen LogP contribution in [0, 0.1) is 0 Å². The zero-order valence-corrected chi connectivity index (χ0v) is 10.7. The third-order valence-electron chi connectivity index (χ3n) is 3.08. The van der Waals surface area contributed by atoms with Crippen LogP contribution in [0.2, 0.25) is 0 Å². The number of benzene rings is 1. The molecular weight excluding hydrogens is 238 g/mol. The summed E-state index contributed by atoms with van der Waals surface area (Å²) < 4.78 is 1.68. The van der Waals surface area contributed by atoms with Gasteiger partial charge in [-0.05, 0) is 12.1 Å². The van der Waals surface area contributed by atoms with E-state index >= 15 is 0 Å². The number of aromatic nitrogens is 4. The fourth-order valence-electron chi connectivity index (χ4n) is 2.11. The van der Waals surface area contributed by atoms with Crippen LogP contribution in [0.3, 0.4) is 0 Å². The van der Waals surface area contributed by atoms with Crippen molar-refractivity contribution < 1.29 is 0 Å². The number of aryl methyl sites for hydroxylation is 1. The van der Waals surface area contributed by atoms with Gasteiger partial charge in [-0.25, -0.2) is 0 Å². The Morgan fingerprint density at radius 1 is 1.21 bits per heavy atom. The first-order valence-electron chi connectivity index (χ1n) is 6.19. The molecule has 19 heavy (non-hydrogen) atoms. The Hall–Kier alpha value is -2.27. The van der Waals surface area contributed by atoms with Gasteiger partial charge in [0.1, 0.15) is 0 Å². The van der Waals surface area contributed by atoms with Gasteiger partial charge in [0.05, 0.1) is 22.9 Å². The summed E-state index contributed by atoms with van der Waals surface area (Å²) in [6, 6.07) is 11.9. The number of hydrogen-bond donors (Lipinski definition) is 1. The average Bonchev–Trinajstić information content (AvgIpc) is 2.83. The van der Waals surface area contributed by atoms with Crippen molar-refractivity contribution in [2.75, 3.05) is 0 Å². The van der Waals surface area contributed by atoms with E-state index in [1.165, 1.54) is 0 Å². The molecular formula is C14H15N5. The highest BCUT2D eigenvalue weighted by Gasteiger charge is 2.11. The Balaban J connectivity index is 1.86. The lowest BCUT2D eigenvalue weighted by atomic mass is 10.1. The molecule has 2 aromatic heterocycles. The topological polar surface area (TPSA) is 69.6 Å². The second-order valence-corrected chi connectivity index (χ2v) is 4.62. The quantitative estimate of drug-likeness (QED) is 0.769. The SMILES string of the molecule is Cn1cc(CC(N)c2ccc3ccccc3n2)nn1. The molecule has 5 heteroatoms. The number of hydrogen-bond acceptors (Lipinski definition) is 4. The highest BCUT2D eigenvalue weighted by atomic mass is 15.4. The molecule has 0 bridgehead atoms. The second-order valence-electron chi connectivity index (χ2n) is 4.62. The van der Waals surface area contributed by atoms with Gasteiger partial charge in [-0.15, -0.1) is 5.10 Å². The minimum Gasteiger partial charge on any atom is -0.322 e. The first-order chi connectivity index (χ1) is 9.22. The minimum absolute atomic E-state index is 0.165. The summed E-state index contributed by atoms with van der Waals surface area (Å²) in [5, 5.41) is 9.08. The van der Waals surface area contributed by atoms with E-state index in [0.29, 0.717) is 6.42 Å². The summed E-state index contributed by atoms with van der Waals surface area (Å²) in [6.45, 7) is 0. The Bertz CT molecular complexity index is 704. The maximum atomic E-state index is 6.19.